The molecule has 2 aliphatic heterocycles. The molecule has 1 atom stereocenters. The molecule has 1 amide bonds. The first-order valence-electron chi connectivity index (χ1n) is 11.3. The van der Waals surface area contributed by atoms with Crippen LogP contribution >= 0.6 is 0 Å². The highest BCUT2D eigenvalue weighted by Gasteiger charge is 2.36. The zero-order chi connectivity index (χ0) is 22.3. The van der Waals surface area contributed by atoms with Crippen LogP contribution in [0.2, 0.25) is 0 Å². The molecule has 9 nitrogen and oxygen atoms in total. The molecule has 3 aliphatic rings. The second kappa shape index (κ2) is 8.57. The fourth-order valence-electron chi connectivity index (χ4n) is 4.44. The summed E-state index contributed by atoms with van der Waals surface area (Å²) in [5, 5.41) is 4.11. The summed E-state index contributed by atoms with van der Waals surface area (Å²) < 4.78 is 32.9. The van der Waals surface area contributed by atoms with Gasteiger partial charge in [-0.15, -0.1) is 0 Å². The maximum atomic E-state index is 12.9. The molecule has 2 aromatic rings. The monoisotopic (exact) mass is 459 g/mol. The third kappa shape index (κ3) is 4.31. The van der Waals surface area contributed by atoms with Gasteiger partial charge in [-0.1, -0.05) is 5.16 Å². The molecule has 1 saturated carbocycles. The van der Waals surface area contributed by atoms with Crippen LogP contribution in [-0.4, -0.2) is 84.9 Å². The average molecular weight is 460 g/mol. The number of piperazine rings is 1. The lowest BCUT2D eigenvalue weighted by Gasteiger charge is -2.31. The van der Waals surface area contributed by atoms with Gasteiger partial charge in [-0.05, 0) is 57.0 Å². The minimum atomic E-state index is -3.51. The Morgan fingerprint density at radius 2 is 1.75 bits per heavy atom. The van der Waals surface area contributed by atoms with Gasteiger partial charge in [-0.2, -0.15) is 9.29 Å². The van der Waals surface area contributed by atoms with E-state index in [9.17, 15) is 13.2 Å². The molecule has 1 aromatic heterocycles. The van der Waals surface area contributed by atoms with Gasteiger partial charge in [0.05, 0.1) is 10.8 Å². The second-order valence-electron chi connectivity index (χ2n) is 9.09. The van der Waals surface area contributed by atoms with Gasteiger partial charge >= 0.3 is 0 Å². The second-order valence-corrected chi connectivity index (χ2v) is 11.0. The molecule has 0 radical (unpaired) electrons. The Balaban J connectivity index is 1.27. The Morgan fingerprint density at radius 1 is 1.03 bits per heavy atom. The van der Waals surface area contributed by atoms with Crippen molar-refractivity contribution in [1.29, 1.82) is 0 Å². The number of carbonyl (C=O) groups is 1. The Bertz CT molecular complexity index is 1070. The molecule has 1 aromatic carbocycles. The summed E-state index contributed by atoms with van der Waals surface area (Å²) in [6.45, 7) is 3.88. The van der Waals surface area contributed by atoms with Crippen LogP contribution in [-0.2, 0) is 14.8 Å². The summed E-state index contributed by atoms with van der Waals surface area (Å²) in [6, 6.07) is 6.66. The number of piperidine rings is 1. The molecule has 0 bridgehead atoms. The average Bonchev–Trinajstić information content (AvgIpc) is 3.55. The predicted octanol–water partition coefficient (Wildman–Crippen LogP) is 1.79. The number of likely N-dealkylation sites (N-methyl/N-ethyl adjacent to an activating group) is 1. The van der Waals surface area contributed by atoms with E-state index in [4.69, 9.17) is 4.52 Å². The molecule has 2 saturated heterocycles. The van der Waals surface area contributed by atoms with Crippen molar-refractivity contribution in [1.82, 2.24) is 24.2 Å². The number of hydrogen-bond donors (Lipinski definition) is 0. The van der Waals surface area contributed by atoms with E-state index in [2.05, 4.69) is 15.0 Å². The number of carbonyl (C=O) groups excluding carboxylic acids is 1. The lowest BCUT2D eigenvalue weighted by atomic mass is 9.97. The van der Waals surface area contributed by atoms with Gasteiger partial charge in [0.2, 0.25) is 27.6 Å². The third-order valence-corrected chi connectivity index (χ3v) is 8.58. The Kier molecular flexibility index (Phi) is 5.77. The van der Waals surface area contributed by atoms with E-state index in [1.165, 1.54) is 4.31 Å². The zero-order valence-electron chi connectivity index (χ0n) is 18.3. The quantitative estimate of drug-likeness (QED) is 0.672. The van der Waals surface area contributed by atoms with E-state index in [0.29, 0.717) is 36.9 Å². The fraction of sp³-hybridized carbons (Fsp3) is 0.591. The summed E-state index contributed by atoms with van der Waals surface area (Å²) in [4.78, 5) is 21.3. The van der Waals surface area contributed by atoms with E-state index in [0.717, 1.165) is 45.3 Å². The van der Waals surface area contributed by atoms with Gasteiger partial charge in [0.25, 0.3) is 0 Å². The largest absolute Gasteiger partial charge is 0.342 e. The zero-order valence-corrected chi connectivity index (χ0v) is 19.1. The normalized spacial score (nSPS) is 23.4. The van der Waals surface area contributed by atoms with Crippen LogP contribution in [0.15, 0.2) is 33.7 Å². The molecule has 0 N–H and O–H groups in total. The summed E-state index contributed by atoms with van der Waals surface area (Å²) in [5.74, 6) is 1.50. The first kappa shape index (κ1) is 21.5. The highest BCUT2D eigenvalue weighted by Crippen LogP contribution is 2.34. The van der Waals surface area contributed by atoms with Crippen LogP contribution in [0.3, 0.4) is 0 Å². The van der Waals surface area contributed by atoms with Crippen molar-refractivity contribution in [3.05, 3.63) is 30.2 Å². The molecule has 3 heterocycles. The van der Waals surface area contributed by atoms with Crippen molar-refractivity contribution in [2.45, 2.75) is 36.5 Å². The number of benzene rings is 1. The molecule has 32 heavy (non-hydrogen) atoms. The number of sulfonamides is 1. The number of likely N-dealkylation sites (tertiary alicyclic amines) is 1. The maximum Gasteiger partial charge on any atom is 0.243 e. The molecule has 0 spiro atoms. The van der Waals surface area contributed by atoms with Crippen LogP contribution < -0.4 is 0 Å². The summed E-state index contributed by atoms with van der Waals surface area (Å²) in [5.41, 5.74) is 0.707. The molecule has 172 valence electrons. The lowest BCUT2D eigenvalue weighted by molar-refractivity contribution is -0.133. The highest BCUT2D eigenvalue weighted by molar-refractivity contribution is 7.89. The minimum absolute atomic E-state index is 0.0459. The Morgan fingerprint density at radius 3 is 2.44 bits per heavy atom. The highest BCUT2D eigenvalue weighted by atomic mass is 32.2. The summed E-state index contributed by atoms with van der Waals surface area (Å²) >= 11 is 0. The molecular formula is C22H29N5O4S. The topological polar surface area (TPSA) is 99.9 Å². The van der Waals surface area contributed by atoms with E-state index in [-0.39, 0.29) is 22.6 Å². The van der Waals surface area contributed by atoms with Crippen LogP contribution in [0.1, 0.15) is 37.5 Å². The van der Waals surface area contributed by atoms with Crippen molar-refractivity contribution in [2.24, 2.45) is 5.92 Å². The van der Waals surface area contributed by atoms with Crippen LogP contribution in [0, 0.1) is 5.92 Å². The van der Waals surface area contributed by atoms with E-state index in [1.807, 2.05) is 11.9 Å². The molecule has 1 aliphatic carbocycles. The lowest BCUT2D eigenvalue weighted by Crippen LogP contribution is -2.46. The molecule has 0 unspecified atom stereocenters. The van der Waals surface area contributed by atoms with E-state index < -0.39 is 10.0 Å². The fourth-order valence-corrected chi connectivity index (χ4v) is 5.86. The first-order valence-corrected chi connectivity index (χ1v) is 12.8. The number of nitrogens with zero attached hydrogens (tertiary/aromatic N) is 5. The van der Waals surface area contributed by atoms with Gasteiger partial charge in [0.15, 0.2) is 0 Å². The van der Waals surface area contributed by atoms with Gasteiger partial charge in [0, 0.05) is 50.7 Å². The number of rotatable bonds is 5. The van der Waals surface area contributed by atoms with Crippen LogP contribution in [0.5, 0.6) is 0 Å². The van der Waals surface area contributed by atoms with E-state index in [1.54, 1.807) is 24.3 Å². The third-order valence-electron chi connectivity index (χ3n) is 6.66. The van der Waals surface area contributed by atoms with Crippen molar-refractivity contribution in [2.75, 3.05) is 46.3 Å². The Labute approximate surface area is 188 Å². The SMILES string of the molecule is CN1CCN(S(=O)(=O)c2ccc(-c3noc([C@H]4CCCN(C(=O)C5CC5)C4)n3)cc2)CC1. The molecule has 3 fully saturated rings. The smallest absolute Gasteiger partial charge is 0.243 e. The Hall–Kier alpha value is -2.30. The van der Waals surface area contributed by atoms with Crippen molar-refractivity contribution >= 4 is 15.9 Å². The standard InChI is InChI=1S/C22H29N5O4S/c1-25-11-13-27(14-12-25)32(29,30)19-8-6-16(7-9-19)20-23-21(31-24-20)18-3-2-10-26(15-18)22(28)17-4-5-17/h6-9,17-18H,2-5,10-15H2,1H3/t18-/m0/s1. The van der Waals surface area contributed by atoms with Crippen molar-refractivity contribution in [3.63, 3.8) is 0 Å². The number of aromatic nitrogens is 2. The van der Waals surface area contributed by atoms with Crippen LogP contribution in [0.25, 0.3) is 11.4 Å². The van der Waals surface area contributed by atoms with Crippen LogP contribution in [0.4, 0.5) is 0 Å². The molecule has 10 heteroatoms. The van der Waals surface area contributed by atoms with Gasteiger partial charge in [-0.25, -0.2) is 8.42 Å². The van der Waals surface area contributed by atoms with Gasteiger partial charge < -0.3 is 14.3 Å². The first-order chi connectivity index (χ1) is 15.4. The number of amides is 1. The minimum Gasteiger partial charge on any atom is -0.342 e. The maximum absolute atomic E-state index is 12.9. The summed E-state index contributed by atoms with van der Waals surface area (Å²) in [7, 11) is -1.51. The molecular weight excluding hydrogens is 430 g/mol. The molecule has 5 rings (SSSR count). The van der Waals surface area contributed by atoms with Gasteiger partial charge in [0.1, 0.15) is 0 Å². The van der Waals surface area contributed by atoms with Crippen molar-refractivity contribution < 1.29 is 17.7 Å². The summed E-state index contributed by atoms with van der Waals surface area (Å²) in [6.07, 6.45) is 3.86. The van der Waals surface area contributed by atoms with E-state index >= 15 is 0 Å². The number of hydrogen-bond acceptors (Lipinski definition) is 7. The van der Waals surface area contributed by atoms with Crippen molar-refractivity contribution in [3.8, 4) is 11.4 Å². The predicted molar refractivity (Wildman–Crippen MR) is 117 cm³/mol. The van der Waals surface area contributed by atoms with Gasteiger partial charge in [-0.3, -0.25) is 4.79 Å².